The van der Waals surface area contributed by atoms with Gasteiger partial charge < -0.3 is 19.6 Å². The number of esters is 1. The van der Waals surface area contributed by atoms with Crippen molar-refractivity contribution >= 4 is 18.1 Å². The Bertz CT molecular complexity index is 787. The molecule has 0 atom stereocenters. The van der Waals surface area contributed by atoms with E-state index < -0.39 is 5.97 Å². The predicted molar refractivity (Wildman–Crippen MR) is 101 cm³/mol. The quantitative estimate of drug-likeness (QED) is 0.415. The van der Waals surface area contributed by atoms with Crippen molar-refractivity contribution in [2.24, 2.45) is 5.16 Å². The first-order valence-electron chi connectivity index (χ1n) is 8.34. The second-order valence-electron chi connectivity index (χ2n) is 5.65. The molecule has 0 fully saturated rings. The molecule has 0 bridgehead atoms. The standard InChI is InChI=1S/C20H22N2O5/c1-15-5-3-4-6-17(15)12-21-19(23)13-26-20(24)14-27-22-11-16-7-9-18(25-2)10-8-16/h3-11H,12-14H2,1-2H3,(H,21,23)/b22-11-. The number of nitrogens with zero attached hydrogens (tertiary/aromatic N) is 1. The van der Waals surface area contributed by atoms with Gasteiger partial charge in [-0.1, -0.05) is 29.4 Å². The van der Waals surface area contributed by atoms with Crippen molar-refractivity contribution in [3.05, 3.63) is 65.2 Å². The zero-order valence-corrected chi connectivity index (χ0v) is 15.3. The topological polar surface area (TPSA) is 86.2 Å². The summed E-state index contributed by atoms with van der Waals surface area (Å²) in [6.07, 6.45) is 1.46. The Morgan fingerprint density at radius 1 is 1.07 bits per heavy atom. The van der Waals surface area contributed by atoms with Gasteiger partial charge in [0.25, 0.3) is 5.91 Å². The van der Waals surface area contributed by atoms with Gasteiger partial charge in [0.05, 0.1) is 13.3 Å². The van der Waals surface area contributed by atoms with Crippen LogP contribution in [0, 0.1) is 6.92 Å². The molecule has 2 aromatic rings. The number of oxime groups is 1. The minimum Gasteiger partial charge on any atom is -0.497 e. The van der Waals surface area contributed by atoms with E-state index in [1.165, 1.54) is 6.21 Å². The van der Waals surface area contributed by atoms with E-state index in [1.807, 2.05) is 31.2 Å². The number of nitrogens with one attached hydrogen (secondary N) is 1. The van der Waals surface area contributed by atoms with E-state index in [4.69, 9.17) is 14.3 Å². The van der Waals surface area contributed by atoms with E-state index in [-0.39, 0.29) is 19.1 Å². The number of carbonyl (C=O) groups excluding carboxylic acids is 2. The van der Waals surface area contributed by atoms with Crippen LogP contribution in [0.25, 0.3) is 0 Å². The number of amides is 1. The lowest BCUT2D eigenvalue weighted by Crippen LogP contribution is -2.29. The lowest BCUT2D eigenvalue weighted by Gasteiger charge is -2.08. The van der Waals surface area contributed by atoms with Gasteiger partial charge in [0.2, 0.25) is 6.61 Å². The molecule has 1 N–H and O–H groups in total. The van der Waals surface area contributed by atoms with Crippen LogP contribution in [-0.2, 0) is 25.7 Å². The third-order valence-corrected chi connectivity index (χ3v) is 3.68. The molecule has 7 heteroatoms. The first-order valence-corrected chi connectivity index (χ1v) is 8.34. The summed E-state index contributed by atoms with van der Waals surface area (Å²) in [5.74, 6) is -0.321. The zero-order chi connectivity index (χ0) is 19.5. The number of rotatable bonds is 9. The average molecular weight is 370 g/mol. The lowest BCUT2D eigenvalue weighted by molar-refractivity contribution is -0.152. The minimum absolute atomic E-state index is 0.365. The normalized spacial score (nSPS) is 10.4. The molecule has 7 nitrogen and oxygen atoms in total. The maximum Gasteiger partial charge on any atom is 0.347 e. The third-order valence-electron chi connectivity index (χ3n) is 3.68. The van der Waals surface area contributed by atoms with Gasteiger partial charge in [0, 0.05) is 6.54 Å². The molecule has 2 rings (SSSR count). The second-order valence-corrected chi connectivity index (χ2v) is 5.65. The SMILES string of the molecule is COc1ccc(/C=N\OCC(=O)OCC(=O)NCc2ccccc2C)cc1. The molecule has 0 saturated heterocycles. The number of hydrogen-bond donors (Lipinski definition) is 1. The molecule has 0 unspecified atom stereocenters. The fourth-order valence-corrected chi connectivity index (χ4v) is 2.12. The highest BCUT2D eigenvalue weighted by Crippen LogP contribution is 2.09. The summed E-state index contributed by atoms with van der Waals surface area (Å²) in [6, 6.07) is 14.9. The number of ether oxygens (including phenoxy) is 2. The zero-order valence-electron chi connectivity index (χ0n) is 15.3. The highest BCUT2D eigenvalue weighted by Gasteiger charge is 2.08. The second kappa shape index (κ2) is 10.6. The van der Waals surface area contributed by atoms with Gasteiger partial charge in [-0.25, -0.2) is 4.79 Å². The van der Waals surface area contributed by atoms with Gasteiger partial charge in [0.1, 0.15) is 5.75 Å². The third kappa shape index (κ3) is 7.19. The van der Waals surface area contributed by atoms with Crippen LogP contribution in [0.1, 0.15) is 16.7 Å². The van der Waals surface area contributed by atoms with E-state index in [0.717, 1.165) is 22.4 Å². The van der Waals surface area contributed by atoms with Gasteiger partial charge in [0.15, 0.2) is 6.61 Å². The van der Waals surface area contributed by atoms with E-state index in [9.17, 15) is 9.59 Å². The van der Waals surface area contributed by atoms with E-state index in [0.29, 0.717) is 6.54 Å². The van der Waals surface area contributed by atoms with Crippen molar-refractivity contribution in [2.75, 3.05) is 20.3 Å². The number of benzene rings is 2. The first-order chi connectivity index (χ1) is 13.1. The molecule has 0 heterocycles. The summed E-state index contributed by atoms with van der Waals surface area (Å²) in [4.78, 5) is 28.1. The smallest absolute Gasteiger partial charge is 0.347 e. The van der Waals surface area contributed by atoms with Crippen LogP contribution in [0.4, 0.5) is 0 Å². The molecular formula is C20H22N2O5. The highest BCUT2D eigenvalue weighted by molar-refractivity contribution is 5.81. The van der Waals surface area contributed by atoms with Crippen molar-refractivity contribution in [3.63, 3.8) is 0 Å². The van der Waals surface area contributed by atoms with Crippen LogP contribution in [0.15, 0.2) is 53.7 Å². The van der Waals surface area contributed by atoms with Crippen LogP contribution in [0.3, 0.4) is 0 Å². The van der Waals surface area contributed by atoms with E-state index in [2.05, 4.69) is 10.5 Å². The summed E-state index contributed by atoms with van der Waals surface area (Å²) in [6.45, 7) is 1.60. The summed E-state index contributed by atoms with van der Waals surface area (Å²) in [7, 11) is 1.58. The van der Waals surface area contributed by atoms with Crippen LogP contribution < -0.4 is 10.1 Å². The Kier molecular flexibility index (Phi) is 7.84. The Hall–Kier alpha value is -3.35. The Labute approximate surface area is 157 Å². The van der Waals surface area contributed by atoms with Gasteiger partial charge in [-0.05, 0) is 47.9 Å². The molecule has 0 spiro atoms. The molecule has 0 aliphatic rings. The van der Waals surface area contributed by atoms with Crippen LogP contribution in [-0.4, -0.2) is 38.4 Å². The van der Waals surface area contributed by atoms with Gasteiger partial charge in [-0.15, -0.1) is 0 Å². The van der Waals surface area contributed by atoms with E-state index in [1.54, 1.807) is 31.4 Å². The molecule has 0 aliphatic heterocycles. The molecule has 0 aromatic heterocycles. The van der Waals surface area contributed by atoms with Gasteiger partial charge in [-0.2, -0.15) is 0 Å². The number of aryl methyl sites for hydroxylation is 1. The highest BCUT2D eigenvalue weighted by atomic mass is 16.7. The lowest BCUT2D eigenvalue weighted by atomic mass is 10.1. The van der Waals surface area contributed by atoms with Crippen molar-refractivity contribution in [3.8, 4) is 5.75 Å². The van der Waals surface area contributed by atoms with Crippen molar-refractivity contribution in [1.29, 1.82) is 0 Å². The maximum atomic E-state index is 11.7. The monoisotopic (exact) mass is 370 g/mol. The number of carbonyl (C=O) groups is 2. The first kappa shape index (κ1) is 20.0. The van der Waals surface area contributed by atoms with Gasteiger partial charge in [-0.3, -0.25) is 4.79 Å². The fourth-order valence-electron chi connectivity index (χ4n) is 2.12. The molecule has 0 aliphatic carbocycles. The minimum atomic E-state index is -0.673. The Balaban J connectivity index is 1.63. The average Bonchev–Trinajstić information content (AvgIpc) is 2.69. The molecule has 142 valence electrons. The number of methoxy groups -OCH3 is 1. The molecule has 27 heavy (non-hydrogen) atoms. The molecular weight excluding hydrogens is 348 g/mol. The summed E-state index contributed by atoms with van der Waals surface area (Å²) >= 11 is 0. The van der Waals surface area contributed by atoms with Crippen LogP contribution in [0.5, 0.6) is 5.75 Å². The molecule has 0 saturated carbocycles. The maximum absolute atomic E-state index is 11.7. The summed E-state index contributed by atoms with van der Waals surface area (Å²) in [5, 5.41) is 6.38. The van der Waals surface area contributed by atoms with E-state index >= 15 is 0 Å². The number of hydrogen-bond acceptors (Lipinski definition) is 6. The Morgan fingerprint density at radius 2 is 1.81 bits per heavy atom. The van der Waals surface area contributed by atoms with Gasteiger partial charge >= 0.3 is 5.97 Å². The molecule has 2 aromatic carbocycles. The summed E-state index contributed by atoms with van der Waals surface area (Å²) < 4.78 is 9.89. The summed E-state index contributed by atoms with van der Waals surface area (Å²) in [5.41, 5.74) is 2.88. The molecule has 0 radical (unpaired) electrons. The van der Waals surface area contributed by atoms with Crippen LogP contribution >= 0.6 is 0 Å². The molecule has 1 amide bonds. The van der Waals surface area contributed by atoms with Crippen LogP contribution in [0.2, 0.25) is 0 Å². The van der Waals surface area contributed by atoms with Crippen molar-refractivity contribution in [2.45, 2.75) is 13.5 Å². The largest absolute Gasteiger partial charge is 0.497 e. The van der Waals surface area contributed by atoms with Crippen molar-refractivity contribution in [1.82, 2.24) is 5.32 Å². The Morgan fingerprint density at radius 3 is 2.52 bits per heavy atom. The fraction of sp³-hybridized carbons (Fsp3) is 0.250. The predicted octanol–water partition coefficient (Wildman–Crippen LogP) is 2.21. The van der Waals surface area contributed by atoms with Crippen molar-refractivity contribution < 1.29 is 23.9 Å².